The molecule has 0 radical (unpaired) electrons. The van der Waals surface area contributed by atoms with E-state index in [1.54, 1.807) is 19.1 Å². The number of carbonyl (C=O) groups is 1. The minimum absolute atomic E-state index is 0.0208. The molecule has 1 aromatic carbocycles. The Morgan fingerprint density at radius 3 is 2.41 bits per heavy atom. The average Bonchev–Trinajstić information content (AvgIpc) is 2.29. The van der Waals surface area contributed by atoms with Crippen LogP contribution in [0.5, 0.6) is 0 Å². The SMILES string of the molecule is CC.CC(=O)/C=C/c1ccc(C)cc1[N+](=O)[O-]. The number of allylic oxidation sites excluding steroid dienone is 1. The molecule has 0 aromatic heterocycles. The van der Waals surface area contributed by atoms with Crippen LogP contribution in [0.4, 0.5) is 5.69 Å². The maximum Gasteiger partial charge on any atom is 0.276 e. The van der Waals surface area contributed by atoms with Gasteiger partial charge in [0.1, 0.15) is 0 Å². The zero-order valence-corrected chi connectivity index (χ0v) is 10.6. The fourth-order valence-electron chi connectivity index (χ4n) is 1.16. The summed E-state index contributed by atoms with van der Waals surface area (Å²) in [7, 11) is 0. The Labute approximate surface area is 101 Å². The van der Waals surface area contributed by atoms with Gasteiger partial charge < -0.3 is 0 Å². The van der Waals surface area contributed by atoms with Gasteiger partial charge in [-0.05, 0) is 37.6 Å². The first-order valence-corrected chi connectivity index (χ1v) is 5.44. The van der Waals surface area contributed by atoms with Crippen molar-refractivity contribution in [1.82, 2.24) is 0 Å². The van der Waals surface area contributed by atoms with Crippen LogP contribution >= 0.6 is 0 Å². The predicted molar refractivity (Wildman–Crippen MR) is 68.9 cm³/mol. The molecule has 0 atom stereocenters. The Bertz CT molecular complexity index is 436. The largest absolute Gasteiger partial charge is 0.295 e. The van der Waals surface area contributed by atoms with Gasteiger partial charge in [-0.15, -0.1) is 0 Å². The summed E-state index contributed by atoms with van der Waals surface area (Å²) >= 11 is 0. The monoisotopic (exact) mass is 235 g/mol. The topological polar surface area (TPSA) is 60.2 Å². The van der Waals surface area contributed by atoms with Crippen molar-refractivity contribution in [3.05, 3.63) is 45.5 Å². The van der Waals surface area contributed by atoms with Crippen LogP contribution in [0.2, 0.25) is 0 Å². The lowest BCUT2D eigenvalue weighted by molar-refractivity contribution is -0.385. The summed E-state index contributed by atoms with van der Waals surface area (Å²) in [6, 6.07) is 4.89. The van der Waals surface area contributed by atoms with Gasteiger partial charge in [0.25, 0.3) is 5.69 Å². The molecule has 0 bridgehead atoms. The molecule has 0 spiro atoms. The van der Waals surface area contributed by atoms with Crippen molar-refractivity contribution in [1.29, 1.82) is 0 Å². The van der Waals surface area contributed by atoms with Gasteiger partial charge >= 0.3 is 0 Å². The zero-order valence-electron chi connectivity index (χ0n) is 10.6. The maximum atomic E-state index is 10.7. The molecule has 4 heteroatoms. The fraction of sp³-hybridized carbons (Fsp3) is 0.308. The Hall–Kier alpha value is -1.97. The number of ketones is 1. The molecule has 0 unspecified atom stereocenters. The van der Waals surface area contributed by atoms with Crippen molar-refractivity contribution in [2.75, 3.05) is 0 Å². The second kappa shape index (κ2) is 7.33. The molecular weight excluding hydrogens is 218 g/mol. The standard InChI is InChI=1S/C11H11NO3.C2H6/c1-8-3-5-10(6-4-9(2)13)11(7-8)12(14)15;1-2/h3-7H,1-2H3;1-2H3/b6-4+;. The van der Waals surface area contributed by atoms with Crippen molar-refractivity contribution in [3.8, 4) is 0 Å². The summed E-state index contributed by atoms with van der Waals surface area (Å²) in [6.45, 7) is 7.18. The second-order valence-electron chi connectivity index (χ2n) is 3.26. The normalized spacial score (nSPS) is 9.65. The molecule has 17 heavy (non-hydrogen) atoms. The van der Waals surface area contributed by atoms with Gasteiger partial charge in [0, 0.05) is 6.07 Å². The first kappa shape index (κ1) is 15.0. The Balaban J connectivity index is 0.00000121. The smallest absolute Gasteiger partial charge is 0.276 e. The van der Waals surface area contributed by atoms with Crippen LogP contribution in [0.3, 0.4) is 0 Å². The van der Waals surface area contributed by atoms with Gasteiger partial charge in [-0.2, -0.15) is 0 Å². The lowest BCUT2D eigenvalue weighted by Gasteiger charge is -1.98. The number of nitrogens with zero attached hydrogens (tertiary/aromatic N) is 1. The quantitative estimate of drug-likeness (QED) is 0.457. The summed E-state index contributed by atoms with van der Waals surface area (Å²) < 4.78 is 0. The van der Waals surface area contributed by atoms with Crippen molar-refractivity contribution in [2.45, 2.75) is 27.7 Å². The van der Waals surface area contributed by atoms with Crippen LogP contribution in [-0.2, 0) is 4.79 Å². The molecule has 0 aliphatic heterocycles. The first-order chi connectivity index (χ1) is 8.00. The van der Waals surface area contributed by atoms with Crippen LogP contribution in [-0.4, -0.2) is 10.7 Å². The summed E-state index contributed by atoms with van der Waals surface area (Å²) in [6.07, 6.45) is 2.78. The van der Waals surface area contributed by atoms with Gasteiger partial charge in [0.05, 0.1) is 10.5 Å². The van der Waals surface area contributed by atoms with Gasteiger partial charge in [0.2, 0.25) is 0 Å². The summed E-state index contributed by atoms with van der Waals surface area (Å²) in [5.41, 5.74) is 1.29. The van der Waals surface area contributed by atoms with Crippen LogP contribution in [0, 0.1) is 17.0 Å². The highest BCUT2D eigenvalue weighted by molar-refractivity contribution is 5.92. The third-order valence-corrected chi connectivity index (χ3v) is 1.88. The van der Waals surface area contributed by atoms with Crippen molar-refractivity contribution >= 4 is 17.5 Å². The maximum absolute atomic E-state index is 10.7. The van der Waals surface area contributed by atoms with Crippen LogP contribution in [0.1, 0.15) is 31.9 Å². The highest BCUT2D eigenvalue weighted by atomic mass is 16.6. The van der Waals surface area contributed by atoms with Crippen LogP contribution in [0.25, 0.3) is 6.08 Å². The lowest BCUT2D eigenvalue weighted by atomic mass is 10.1. The number of aryl methyl sites for hydroxylation is 1. The molecule has 0 heterocycles. The van der Waals surface area contributed by atoms with E-state index >= 15 is 0 Å². The molecule has 0 N–H and O–H groups in total. The second-order valence-corrected chi connectivity index (χ2v) is 3.26. The molecule has 4 nitrogen and oxygen atoms in total. The van der Waals surface area contributed by atoms with Crippen molar-refractivity contribution < 1.29 is 9.72 Å². The van der Waals surface area contributed by atoms with E-state index in [2.05, 4.69) is 0 Å². The van der Waals surface area contributed by atoms with E-state index in [0.717, 1.165) is 5.56 Å². The summed E-state index contributed by atoms with van der Waals surface area (Å²) in [4.78, 5) is 21.0. The molecule has 0 fully saturated rings. The third kappa shape index (κ3) is 5.06. The molecule has 0 aliphatic carbocycles. The van der Waals surface area contributed by atoms with E-state index in [0.29, 0.717) is 5.56 Å². The molecular formula is C13H17NO3. The number of hydrogen-bond donors (Lipinski definition) is 0. The number of benzene rings is 1. The molecule has 0 saturated heterocycles. The molecule has 1 aromatic rings. The van der Waals surface area contributed by atoms with Crippen LogP contribution < -0.4 is 0 Å². The summed E-state index contributed by atoms with van der Waals surface area (Å²) in [5.74, 6) is -0.134. The summed E-state index contributed by atoms with van der Waals surface area (Å²) in [5, 5.41) is 10.7. The van der Waals surface area contributed by atoms with Crippen molar-refractivity contribution in [3.63, 3.8) is 0 Å². The van der Waals surface area contributed by atoms with E-state index in [-0.39, 0.29) is 11.5 Å². The minimum Gasteiger partial charge on any atom is -0.295 e. The molecule has 0 saturated carbocycles. The molecule has 0 amide bonds. The van der Waals surface area contributed by atoms with E-state index in [4.69, 9.17) is 0 Å². The fourth-order valence-corrected chi connectivity index (χ4v) is 1.16. The Morgan fingerprint density at radius 1 is 1.35 bits per heavy atom. The van der Waals surface area contributed by atoms with E-state index in [1.807, 2.05) is 13.8 Å². The highest BCUT2D eigenvalue weighted by Crippen LogP contribution is 2.21. The highest BCUT2D eigenvalue weighted by Gasteiger charge is 2.10. The average molecular weight is 235 g/mol. The number of hydrogen-bond acceptors (Lipinski definition) is 3. The van der Waals surface area contributed by atoms with Gasteiger partial charge in [-0.1, -0.05) is 19.9 Å². The van der Waals surface area contributed by atoms with E-state index in [1.165, 1.54) is 25.1 Å². The number of rotatable bonds is 3. The minimum atomic E-state index is -0.452. The number of nitro benzene ring substituents is 1. The third-order valence-electron chi connectivity index (χ3n) is 1.88. The van der Waals surface area contributed by atoms with Gasteiger partial charge in [0.15, 0.2) is 5.78 Å². The molecule has 1 rings (SSSR count). The Kier molecular flexibility index (Phi) is 6.48. The van der Waals surface area contributed by atoms with Crippen LogP contribution in [0.15, 0.2) is 24.3 Å². The van der Waals surface area contributed by atoms with Crippen molar-refractivity contribution in [2.24, 2.45) is 0 Å². The lowest BCUT2D eigenvalue weighted by Crippen LogP contribution is -1.92. The molecule has 92 valence electrons. The van der Waals surface area contributed by atoms with E-state index in [9.17, 15) is 14.9 Å². The van der Waals surface area contributed by atoms with Gasteiger partial charge in [-0.25, -0.2) is 0 Å². The zero-order chi connectivity index (χ0) is 13.4. The number of carbonyl (C=O) groups excluding carboxylic acids is 1. The first-order valence-electron chi connectivity index (χ1n) is 5.44. The van der Waals surface area contributed by atoms with E-state index < -0.39 is 4.92 Å². The Morgan fingerprint density at radius 2 is 1.94 bits per heavy atom. The molecule has 0 aliphatic rings. The predicted octanol–water partition coefficient (Wildman–Crippen LogP) is 3.53. The number of nitro groups is 1. The van der Waals surface area contributed by atoms with Gasteiger partial charge in [-0.3, -0.25) is 14.9 Å².